The third-order valence-electron chi connectivity index (χ3n) is 5.05. The SMILES string of the molecule is O=C(NCC(c1ccccc1)C1CCCCC1)Nc1ccccc1Cl. The Morgan fingerprint density at radius 3 is 2.40 bits per heavy atom. The number of carbonyl (C=O) groups is 1. The van der Waals surface area contributed by atoms with E-state index in [0.717, 1.165) is 0 Å². The van der Waals surface area contributed by atoms with E-state index >= 15 is 0 Å². The molecule has 0 bridgehead atoms. The molecule has 0 aromatic heterocycles. The summed E-state index contributed by atoms with van der Waals surface area (Å²) in [6.07, 6.45) is 6.40. The maximum absolute atomic E-state index is 12.3. The molecule has 4 heteroatoms. The van der Waals surface area contributed by atoms with Crippen molar-refractivity contribution in [1.29, 1.82) is 0 Å². The van der Waals surface area contributed by atoms with Crippen molar-refractivity contribution in [2.75, 3.05) is 11.9 Å². The Morgan fingerprint density at radius 1 is 1.00 bits per heavy atom. The Kier molecular flexibility index (Phi) is 6.35. The molecular formula is C21H25ClN2O. The number of para-hydroxylation sites is 1. The summed E-state index contributed by atoms with van der Waals surface area (Å²) in [4.78, 5) is 12.3. The normalized spacial score (nSPS) is 16.2. The predicted octanol–water partition coefficient (Wildman–Crippen LogP) is 5.83. The van der Waals surface area contributed by atoms with E-state index in [-0.39, 0.29) is 6.03 Å². The van der Waals surface area contributed by atoms with Gasteiger partial charge in [-0.3, -0.25) is 0 Å². The number of carbonyl (C=O) groups excluding carboxylic acids is 1. The van der Waals surface area contributed by atoms with E-state index in [2.05, 4.69) is 34.9 Å². The van der Waals surface area contributed by atoms with Crippen LogP contribution in [0.25, 0.3) is 0 Å². The average Bonchev–Trinajstić information content (AvgIpc) is 2.66. The number of amides is 2. The zero-order valence-electron chi connectivity index (χ0n) is 14.4. The van der Waals surface area contributed by atoms with Gasteiger partial charge in [0.1, 0.15) is 0 Å². The Morgan fingerprint density at radius 2 is 1.68 bits per heavy atom. The van der Waals surface area contributed by atoms with Crippen LogP contribution in [0.15, 0.2) is 54.6 Å². The van der Waals surface area contributed by atoms with E-state index in [1.807, 2.05) is 18.2 Å². The Hall–Kier alpha value is -2.00. The van der Waals surface area contributed by atoms with Gasteiger partial charge in [-0.25, -0.2) is 4.79 Å². The molecule has 0 aliphatic heterocycles. The summed E-state index contributed by atoms with van der Waals surface area (Å²) in [5, 5.41) is 6.43. The molecule has 132 valence electrons. The third-order valence-corrected chi connectivity index (χ3v) is 5.38. The fraction of sp³-hybridized carbons (Fsp3) is 0.381. The zero-order chi connectivity index (χ0) is 17.5. The second-order valence-electron chi connectivity index (χ2n) is 6.73. The molecule has 1 fully saturated rings. The molecule has 2 amide bonds. The van der Waals surface area contributed by atoms with Gasteiger partial charge < -0.3 is 10.6 Å². The summed E-state index contributed by atoms with van der Waals surface area (Å²) in [5.74, 6) is 0.996. The van der Waals surface area contributed by atoms with Crippen molar-refractivity contribution in [3.05, 3.63) is 65.2 Å². The van der Waals surface area contributed by atoms with Crippen LogP contribution in [0.1, 0.15) is 43.6 Å². The second kappa shape index (κ2) is 8.91. The number of urea groups is 1. The molecular weight excluding hydrogens is 332 g/mol. The lowest BCUT2D eigenvalue weighted by Gasteiger charge is -2.31. The molecule has 25 heavy (non-hydrogen) atoms. The lowest BCUT2D eigenvalue weighted by Crippen LogP contribution is -2.35. The Labute approximate surface area is 154 Å². The van der Waals surface area contributed by atoms with Crippen LogP contribution in [-0.2, 0) is 0 Å². The first-order chi connectivity index (χ1) is 12.2. The number of anilines is 1. The van der Waals surface area contributed by atoms with Crippen LogP contribution < -0.4 is 10.6 Å². The largest absolute Gasteiger partial charge is 0.337 e. The standard InChI is InChI=1S/C21H25ClN2O/c22-19-13-7-8-14-20(19)24-21(25)23-15-18(16-9-3-1-4-10-16)17-11-5-2-6-12-17/h1,3-4,7-10,13-14,17-18H,2,5-6,11-12,15H2,(H2,23,24,25). The first-order valence-corrected chi connectivity index (χ1v) is 9.46. The minimum atomic E-state index is -0.204. The van der Waals surface area contributed by atoms with Crippen molar-refractivity contribution in [1.82, 2.24) is 5.32 Å². The van der Waals surface area contributed by atoms with Gasteiger partial charge in [-0.1, -0.05) is 73.3 Å². The average molecular weight is 357 g/mol. The molecule has 1 aliphatic rings. The van der Waals surface area contributed by atoms with Gasteiger partial charge in [0.2, 0.25) is 0 Å². The summed E-state index contributed by atoms with van der Waals surface area (Å²) in [7, 11) is 0. The molecule has 0 spiro atoms. The van der Waals surface area contributed by atoms with Crippen molar-refractivity contribution in [3.8, 4) is 0 Å². The molecule has 1 saturated carbocycles. The number of halogens is 1. The monoisotopic (exact) mass is 356 g/mol. The maximum atomic E-state index is 12.3. The Balaban J connectivity index is 1.64. The number of benzene rings is 2. The number of rotatable bonds is 5. The van der Waals surface area contributed by atoms with E-state index in [4.69, 9.17) is 11.6 Å². The van der Waals surface area contributed by atoms with Crippen LogP contribution in [0.3, 0.4) is 0 Å². The van der Waals surface area contributed by atoms with Gasteiger partial charge in [0.15, 0.2) is 0 Å². The molecule has 3 rings (SSSR count). The number of nitrogens with one attached hydrogen (secondary N) is 2. The molecule has 0 radical (unpaired) electrons. The summed E-state index contributed by atoms with van der Waals surface area (Å²) < 4.78 is 0. The fourth-order valence-corrected chi connectivity index (χ4v) is 3.91. The van der Waals surface area contributed by atoms with Crippen LogP contribution in [0, 0.1) is 5.92 Å². The van der Waals surface area contributed by atoms with E-state index in [0.29, 0.717) is 29.1 Å². The Bertz CT molecular complexity index is 683. The predicted molar refractivity (Wildman–Crippen MR) is 104 cm³/mol. The number of hydrogen-bond acceptors (Lipinski definition) is 1. The van der Waals surface area contributed by atoms with Crippen molar-refractivity contribution >= 4 is 23.3 Å². The van der Waals surface area contributed by atoms with Crippen molar-refractivity contribution in [3.63, 3.8) is 0 Å². The van der Waals surface area contributed by atoms with Crippen LogP contribution in [0.2, 0.25) is 5.02 Å². The van der Waals surface area contributed by atoms with Gasteiger partial charge in [-0.15, -0.1) is 0 Å². The highest BCUT2D eigenvalue weighted by molar-refractivity contribution is 6.33. The quantitative estimate of drug-likeness (QED) is 0.695. The first-order valence-electron chi connectivity index (χ1n) is 9.08. The van der Waals surface area contributed by atoms with E-state index in [1.54, 1.807) is 12.1 Å². The molecule has 0 heterocycles. The first kappa shape index (κ1) is 17.8. The molecule has 2 N–H and O–H groups in total. The molecule has 0 saturated heterocycles. The second-order valence-corrected chi connectivity index (χ2v) is 7.14. The molecule has 2 aromatic carbocycles. The summed E-state index contributed by atoms with van der Waals surface area (Å²) in [5.41, 5.74) is 1.95. The van der Waals surface area contributed by atoms with Crippen LogP contribution in [-0.4, -0.2) is 12.6 Å². The highest BCUT2D eigenvalue weighted by Gasteiger charge is 2.25. The minimum Gasteiger partial charge on any atom is -0.337 e. The maximum Gasteiger partial charge on any atom is 0.319 e. The van der Waals surface area contributed by atoms with Gasteiger partial charge >= 0.3 is 6.03 Å². The highest BCUT2D eigenvalue weighted by atomic mass is 35.5. The van der Waals surface area contributed by atoms with Crippen molar-refractivity contribution in [2.24, 2.45) is 5.92 Å². The fourth-order valence-electron chi connectivity index (χ4n) is 3.73. The van der Waals surface area contributed by atoms with Crippen molar-refractivity contribution < 1.29 is 4.79 Å². The zero-order valence-corrected chi connectivity index (χ0v) is 15.1. The lowest BCUT2D eigenvalue weighted by molar-refractivity contribution is 0.247. The topological polar surface area (TPSA) is 41.1 Å². The minimum absolute atomic E-state index is 0.204. The summed E-state index contributed by atoms with van der Waals surface area (Å²) in [6, 6.07) is 17.6. The molecule has 3 nitrogen and oxygen atoms in total. The van der Waals surface area contributed by atoms with Crippen LogP contribution >= 0.6 is 11.6 Å². The molecule has 1 aliphatic carbocycles. The summed E-state index contributed by atoms with van der Waals surface area (Å²) in [6.45, 7) is 0.644. The highest BCUT2D eigenvalue weighted by Crippen LogP contribution is 2.35. The lowest BCUT2D eigenvalue weighted by atomic mass is 9.77. The van der Waals surface area contributed by atoms with Crippen LogP contribution in [0.5, 0.6) is 0 Å². The van der Waals surface area contributed by atoms with E-state index in [9.17, 15) is 4.79 Å². The van der Waals surface area contributed by atoms with Gasteiger partial charge in [-0.2, -0.15) is 0 Å². The van der Waals surface area contributed by atoms with E-state index < -0.39 is 0 Å². The van der Waals surface area contributed by atoms with Crippen LogP contribution in [0.4, 0.5) is 10.5 Å². The molecule has 1 unspecified atom stereocenters. The number of hydrogen-bond donors (Lipinski definition) is 2. The van der Waals surface area contributed by atoms with Gasteiger partial charge in [-0.05, 0) is 36.5 Å². The molecule has 2 aromatic rings. The summed E-state index contributed by atoms with van der Waals surface area (Å²) >= 11 is 6.11. The van der Waals surface area contributed by atoms with E-state index in [1.165, 1.54) is 37.7 Å². The van der Waals surface area contributed by atoms with Gasteiger partial charge in [0, 0.05) is 12.5 Å². The van der Waals surface area contributed by atoms with Gasteiger partial charge in [0.25, 0.3) is 0 Å². The third kappa shape index (κ3) is 4.99. The van der Waals surface area contributed by atoms with Gasteiger partial charge in [0.05, 0.1) is 10.7 Å². The smallest absolute Gasteiger partial charge is 0.319 e. The molecule has 1 atom stereocenters. The van der Waals surface area contributed by atoms with Crippen molar-refractivity contribution in [2.45, 2.75) is 38.0 Å².